The highest BCUT2D eigenvalue weighted by Gasteiger charge is 2.46. The lowest BCUT2D eigenvalue weighted by molar-refractivity contribution is 0.668. The third-order valence-corrected chi connectivity index (χ3v) is 12.2. The van der Waals surface area contributed by atoms with Crippen LogP contribution in [0.1, 0.15) is 22.3 Å². The van der Waals surface area contributed by atoms with Crippen LogP contribution in [0.2, 0.25) is 0 Å². The Kier molecular flexibility index (Phi) is 7.72. The zero-order valence-corrected chi connectivity index (χ0v) is 32.5. The summed E-state index contributed by atoms with van der Waals surface area (Å²) in [6.07, 6.45) is 0. The Bertz CT molecular complexity index is 3330. The minimum Gasteiger partial charge on any atom is -0.456 e. The van der Waals surface area contributed by atoms with Gasteiger partial charge < -0.3 is 4.42 Å². The molecule has 60 heavy (non-hydrogen) atoms. The van der Waals surface area contributed by atoms with Crippen LogP contribution < -0.4 is 0 Å². The van der Waals surface area contributed by atoms with Gasteiger partial charge in [-0.3, -0.25) is 0 Å². The van der Waals surface area contributed by atoms with Gasteiger partial charge in [0.15, 0.2) is 17.5 Å². The molecule has 0 saturated heterocycles. The van der Waals surface area contributed by atoms with Crippen molar-refractivity contribution in [3.8, 4) is 56.4 Å². The second-order valence-electron chi connectivity index (χ2n) is 15.5. The van der Waals surface area contributed by atoms with Crippen LogP contribution in [0.25, 0.3) is 89.1 Å². The molecule has 9 aromatic carbocycles. The van der Waals surface area contributed by atoms with E-state index in [9.17, 15) is 0 Å². The lowest BCUT2D eigenvalue weighted by Crippen LogP contribution is -2.28. The monoisotopic (exact) mass is 765 g/mol. The molecule has 2 heterocycles. The summed E-state index contributed by atoms with van der Waals surface area (Å²) in [6, 6.07) is 75.2. The van der Waals surface area contributed by atoms with Crippen LogP contribution in [0.3, 0.4) is 0 Å². The van der Waals surface area contributed by atoms with E-state index in [1.807, 2.05) is 60.7 Å². The van der Waals surface area contributed by atoms with E-state index in [0.29, 0.717) is 17.5 Å². The molecule has 4 nitrogen and oxygen atoms in total. The van der Waals surface area contributed by atoms with Gasteiger partial charge in [-0.1, -0.05) is 188 Å². The molecule has 4 heteroatoms. The van der Waals surface area contributed by atoms with Gasteiger partial charge in [0.25, 0.3) is 0 Å². The van der Waals surface area contributed by atoms with Gasteiger partial charge in [0.2, 0.25) is 0 Å². The van der Waals surface area contributed by atoms with Crippen LogP contribution in [-0.4, -0.2) is 15.0 Å². The van der Waals surface area contributed by atoms with Crippen LogP contribution in [0.15, 0.2) is 217 Å². The Labute approximate surface area is 347 Å². The molecular weight excluding hydrogens is 731 g/mol. The first-order chi connectivity index (χ1) is 29.7. The third-order valence-electron chi connectivity index (χ3n) is 12.2. The summed E-state index contributed by atoms with van der Waals surface area (Å²) in [4.78, 5) is 15.0. The maximum atomic E-state index is 6.65. The van der Waals surface area contributed by atoms with Gasteiger partial charge in [-0.05, 0) is 79.5 Å². The minimum absolute atomic E-state index is 0.504. The molecule has 0 bridgehead atoms. The summed E-state index contributed by atoms with van der Waals surface area (Å²) >= 11 is 0. The Hall–Kier alpha value is -7.95. The van der Waals surface area contributed by atoms with Crippen molar-refractivity contribution in [2.24, 2.45) is 0 Å². The molecule has 0 aliphatic heterocycles. The highest BCUT2D eigenvalue weighted by Crippen LogP contribution is 2.56. The predicted molar refractivity (Wildman–Crippen MR) is 244 cm³/mol. The standard InChI is InChI=1S/C56H35N3O/c1-4-16-36(17-5-1)53-57-54(37-18-6-2-7-19-37)59-55(58-53)46-26-14-20-38-34-39(30-32-42(38)46)43-25-15-29-51-52(43)47-35-41(31-33-50(47)60-51)56(40-21-8-3-9-22-40)48-27-12-10-23-44(48)45-24-11-13-28-49(45)56/h1-35H. The number of rotatable bonds is 6. The van der Waals surface area contributed by atoms with Crippen molar-refractivity contribution in [1.82, 2.24) is 15.0 Å². The largest absolute Gasteiger partial charge is 0.456 e. The number of nitrogens with zero attached hydrogens (tertiary/aromatic N) is 3. The predicted octanol–water partition coefficient (Wildman–Crippen LogP) is 14.0. The van der Waals surface area contributed by atoms with E-state index < -0.39 is 5.41 Å². The van der Waals surface area contributed by atoms with Gasteiger partial charge in [-0.15, -0.1) is 0 Å². The molecule has 0 saturated carbocycles. The fourth-order valence-corrected chi connectivity index (χ4v) is 9.59. The molecule has 11 aromatic rings. The number of fused-ring (bicyclic) bond motifs is 7. The SMILES string of the molecule is c1ccc(-c2nc(-c3ccccc3)nc(-c3cccc4cc(-c5cccc6oc7ccc(C8(c9ccccc9)c9ccccc9-c9ccccc98)cc7c56)ccc34)n2)cc1. The van der Waals surface area contributed by atoms with E-state index in [-0.39, 0.29) is 0 Å². The van der Waals surface area contributed by atoms with Gasteiger partial charge in [-0.25, -0.2) is 15.0 Å². The quantitative estimate of drug-likeness (QED) is 0.169. The van der Waals surface area contributed by atoms with Crippen molar-refractivity contribution in [1.29, 1.82) is 0 Å². The van der Waals surface area contributed by atoms with Crippen molar-refractivity contribution >= 4 is 32.7 Å². The van der Waals surface area contributed by atoms with E-state index in [2.05, 4.69) is 152 Å². The van der Waals surface area contributed by atoms with Gasteiger partial charge >= 0.3 is 0 Å². The van der Waals surface area contributed by atoms with Crippen molar-refractivity contribution < 1.29 is 4.42 Å². The average molecular weight is 766 g/mol. The van der Waals surface area contributed by atoms with Crippen LogP contribution in [0.5, 0.6) is 0 Å². The summed E-state index contributed by atoms with van der Waals surface area (Å²) in [5, 5.41) is 4.36. The summed E-state index contributed by atoms with van der Waals surface area (Å²) in [5.74, 6) is 1.92. The van der Waals surface area contributed by atoms with Crippen molar-refractivity contribution in [3.63, 3.8) is 0 Å². The number of benzene rings is 9. The highest BCUT2D eigenvalue weighted by molar-refractivity contribution is 6.13. The molecule has 0 amide bonds. The number of aromatic nitrogens is 3. The maximum absolute atomic E-state index is 6.65. The molecule has 0 N–H and O–H groups in total. The molecular formula is C56H35N3O. The summed E-state index contributed by atoms with van der Waals surface area (Å²) in [7, 11) is 0. The molecule has 1 aliphatic rings. The van der Waals surface area contributed by atoms with Gasteiger partial charge in [-0.2, -0.15) is 0 Å². The van der Waals surface area contributed by atoms with Gasteiger partial charge in [0, 0.05) is 27.5 Å². The molecule has 0 unspecified atom stereocenters. The first-order valence-corrected chi connectivity index (χ1v) is 20.4. The normalized spacial score (nSPS) is 12.8. The summed E-state index contributed by atoms with van der Waals surface area (Å²) in [5.41, 5.74) is 13.9. The fraction of sp³-hybridized carbons (Fsp3) is 0.0179. The average Bonchev–Trinajstić information content (AvgIpc) is 3.85. The first-order valence-electron chi connectivity index (χ1n) is 20.4. The smallest absolute Gasteiger partial charge is 0.164 e. The van der Waals surface area contributed by atoms with Gasteiger partial charge in [0.1, 0.15) is 11.2 Å². The Morgan fingerprint density at radius 2 is 0.900 bits per heavy atom. The van der Waals surface area contributed by atoms with E-state index >= 15 is 0 Å². The molecule has 0 atom stereocenters. The third kappa shape index (κ3) is 5.21. The summed E-state index contributed by atoms with van der Waals surface area (Å²) in [6.45, 7) is 0. The fourth-order valence-electron chi connectivity index (χ4n) is 9.59. The zero-order valence-electron chi connectivity index (χ0n) is 32.5. The van der Waals surface area contributed by atoms with E-state index in [1.165, 1.54) is 33.4 Å². The molecule has 280 valence electrons. The molecule has 12 rings (SSSR count). The van der Waals surface area contributed by atoms with Crippen LogP contribution >= 0.6 is 0 Å². The molecule has 2 aromatic heterocycles. The molecule has 0 spiro atoms. The van der Waals surface area contributed by atoms with Crippen LogP contribution in [0, 0.1) is 0 Å². The second kappa shape index (κ2) is 13.6. The number of hydrogen-bond donors (Lipinski definition) is 0. The Morgan fingerprint density at radius 1 is 0.333 bits per heavy atom. The van der Waals surface area contributed by atoms with Crippen molar-refractivity contribution in [3.05, 3.63) is 235 Å². The highest BCUT2D eigenvalue weighted by atomic mass is 16.3. The van der Waals surface area contributed by atoms with Crippen LogP contribution in [0.4, 0.5) is 0 Å². The van der Waals surface area contributed by atoms with Crippen molar-refractivity contribution in [2.75, 3.05) is 0 Å². The second-order valence-corrected chi connectivity index (χ2v) is 15.5. The molecule has 1 aliphatic carbocycles. The lowest BCUT2D eigenvalue weighted by Gasteiger charge is -2.33. The van der Waals surface area contributed by atoms with Crippen molar-refractivity contribution in [2.45, 2.75) is 5.41 Å². The lowest BCUT2D eigenvalue weighted by atomic mass is 9.67. The summed E-state index contributed by atoms with van der Waals surface area (Å²) < 4.78 is 6.65. The van der Waals surface area contributed by atoms with E-state index in [0.717, 1.165) is 60.5 Å². The maximum Gasteiger partial charge on any atom is 0.164 e. The zero-order chi connectivity index (χ0) is 39.6. The molecule has 0 radical (unpaired) electrons. The topological polar surface area (TPSA) is 51.8 Å². The number of furan rings is 1. The van der Waals surface area contributed by atoms with E-state index in [4.69, 9.17) is 19.4 Å². The Balaban J connectivity index is 1.03. The minimum atomic E-state index is -0.504. The van der Waals surface area contributed by atoms with Gasteiger partial charge in [0.05, 0.1) is 5.41 Å². The first kappa shape index (κ1) is 34.1. The van der Waals surface area contributed by atoms with Crippen LogP contribution in [-0.2, 0) is 5.41 Å². The number of hydrogen-bond acceptors (Lipinski definition) is 4. The molecule has 0 fully saturated rings. The van der Waals surface area contributed by atoms with E-state index in [1.54, 1.807) is 0 Å². The Morgan fingerprint density at radius 3 is 1.58 bits per heavy atom.